The van der Waals surface area contributed by atoms with Crippen LogP contribution in [0, 0.1) is 0 Å². The second kappa shape index (κ2) is 8.75. The maximum atomic E-state index is 12.5. The lowest BCUT2D eigenvalue weighted by molar-refractivity contribution is -0.274. The van der Waals surface area contributed by atoms with Crippen LogP contribution in [0.3, 0.4) is 0 Å². The highest BCUT2D eigenvalue weighted by molar-refractivity contribution is 7.22. The molecule has 2 aromatic carbocycles. The Labute approximate surface area is 185 Å². The fourth-order valence-corrected chi connectivity index (χ4v) is 4.19. The molecule has 0 amide bonds. The molecule has 0 fully saturated rings. The van der Waals surface area contributed by atoms with Gasteiger partial charge in [0.2, 0.25) is 5.95 Å². The number of rotatable bonds is 8. The molecule has 2 aromatic heterocycles. The third-order valence-electron chi connectivity index (χ3n) is 4.85. The molecule has 32 heavy (non-hydrogen) atoms. The van der Waals surface area contributed by atoms with Crippen LogP contribution in [0.4, 0.5) is 24.3 Å². The van der Waals surface area contributed by atoms with E-state index in [0.29, 0.717) is 38.8 Å². The number of ketones is 1. The van der Waals surface area contributed by atoms with Gasteiger partial charge in [0.15, 0.2) is 10.9 Å². The number of fused-ring (bicyclic) bond motifs is 2. The molecule has 0 unspecified atom stereocenters. The number of anilines is 2. The molecule has 2 N–H and O–H groups in total. The lowest BCUT2D eigenvalue weighted by Gasteiger charge is -2.07. The first-order chi connectivity index (χ1) is 15.2. The molecule has 0 bridgehead atoms. The van der Waals surface area contributed by atoms with Gasteiger partial charge in [0.1, 0.15) is 5.75 Å². The fourth-order valence-electron chi connectivity index (χ4n) is 3.31. The molecule has 4 rings (SSSR count). The molecule has 0 saturated carbocycles. The van der Waals surface area contributed by atoms with E-state index in [9.17, 15) is 18.0 Å². The van der Waals surface area contributed by atoms with Crippen LogP contribution in [0.5, 0.6) is 5.75 Å². The number of carbonyl (C=O) groups excluding carboxylic acids is 1. The quantitative estimate of drug-likeness (QED) is 0.283. The van der Waals surface area contributed by atoms with E-state index in [1.165, 1.54) is 29.5 Å². The summed E-state index contributed by atoms with van der Waals surface area (Å²) in [5, 5.41) is 6.61. The summed E-state index contributed by atoms with van der Waals surface area (Å²) < 4.78 is 43.7. The Hall–Kier alpha value is -3.18. The lowest BCUT2D eigenvalue weighted by atomic mass is 10.1. The van der Waals surface area contributed by atoms with Gasteiger partial charge in [-0.3, -0.25) is 4.79 Å². The van der Waals surface area contributed by atoms with Crippen LogP contribution >= 0.6 is 11.3 Å². The highest BCUT2D eigenvalue weighted by Gasteiger charge is 2.31. The summed E-state index contributed by atoms with van der Waals surface area (Å²) in [6.07, 6.45) is -3.54. The third kappa shape index (κ3) is 4.83. The number of ether oxygens (including phenoxy) is 1. The second-order valence-electron chi connectivity index (χ2n) is 7.15. The van der Waals surface area contributed by atoms with Crippen molar-refractivity contribution in [3.63, 3.8) is 0 Å². The van der Waals surface area contributed by atoms with E-state index in [4.69, 9.17) is 0 Å². The van der Waals surface area contributed by atoms with Gasteiger partial charge in [0.25, 0.3) is 0 Å². The van der Waals surface area contributed by atoms with Gasteiger partial charge in [-0.25, -0.2) is 9.97 Å². The molecule has 7 nitrogen and oxygen atoms in total. The Kier molecular flexibility index (Phi) is 6.02. The average Bonchev–Trinajstić information content (AvgIpc) is 3.26. The van der Waals surface area contributed by atoms with E-state index >= 15 is 0 Å². The Morgan fingerprint density at radius 1 is 1.16 bits per heavy atom. The second-order valence-corrected chi connectivity index (χ2v) is 8.18. The molecule has 2 heterocycles. The largest absolute Gasteiger partial charge is 0.573 e. The zero-order chi connectivity index (χ0) is 22.9. The van der Waals surface area contributed by atoms with Crippen molar-refractivity contribution in [3.05, 3.63) is 42.0 Å². The number of alkyl halides is 3. The van der Waals surface area contributed by atoms with Crippen molar-refractivity contribution >= 4 is 49.4 Å². The first-order valence-electron chi connectivity index (χ1n) is 9.81. The van der Waals surface area contributed by atoms with E-state index in [1.807, 2.05) is 24.7 Å². The highest BCUT2D eigenvalue weighted by Crippen LogP contribution is 2.33. The summed E-state index contributed by atoms with van der Waals surface area (Å²) in [6.45, 7) is 0.775. The molecule has 0 aliphatic rings. The summed E-state index contributed by atoms with van der Waals surface area (Å²) >= 11 is 1.19. The number of imidazole rings is 1. The monoisotopic (exact) mass is 463 g/mol. The molecule has 0 atom stereocenters. The molecule has 0 aliphatic carbocycles. The summed E-state index contributed by atoms with van der Waals surface area (Å²) in [5.41, 5.74) is 2.65. The number of hydrogen-bond donors (Lipinski definition) is 2. The van der Waals surface area contributed by atoms with Crippen molar-refractivity contribution in [3.8, 4) is 5.75 Å². The Bertz CT molecular complexity index is 1280. The van der Waals surface area contributed by atoms with Gasteiger partial charge in [0.05, 0.1) is 21.3 Å². The van der Waals surface area contributed by atoms with Crippen LogP contribution in [-0.4, -0.2) is 40.3 Å². The minimum absolute atomic E-state index is 0.0605. The normalized spacial score (nSPS) is 11.9. The van der Waals surface area contributed by atoms with Crippen molar-refractivity contribution < 1.29 is 22.7 Å². The van der Waals surface area contributed by atoms with Crippen molar-refractivity contribution in [2.75, 3.05) is 18.9 Å². The van der Waals surface area contributed by atoms with Crippen molar-refractivity contribution in [1.82, 2.24) is 19.9 Å². The number of carbonyl (C=O) groups is 1. The maximum Gasteiger partial charge on any atom is 0.573 e. The molecule has 0 saturated heterocycles. The topological polar surface area (TPSA) is 81.1 Å². The lowest BCUT2D eigenvalue weighted by Crippen LogP contribution is -2.16. The average molecular weight is 463 g/mol. The van der Waals surface area contributed by atoms with Crippen molar-refractivity contribution in [1.29, 1.82) is 0 Å². The molecule has 4 aromatic rings. The summed E-state index contributed by atoms with van der Waals surface area (Å²) in [6, 6.07) is 9.39. The van der Waals surface area contributed by atoms with E-state index < -0.39 is 6.36 Å². The third-order valence-corrected chi connectivity index (χ3v) is 5.78. The smallest absolute Gasteiger partial charge is 0.406 e. The molecule has 11 heteroatoms. The zero-order valence-electron chi connectivity index (χ0n) is 17.3. The van der Waals surface area contributed by atoms with Crippen LogP contribution in [-0.2, 0) is 7.05 Å². The molecular weight excluding hydrogens is 443 g/mol. The van der Waals surface area contributed by atoms with Gasteiger partial charge in [0, 0.05) is 25.1 Å². The number of halogens is 3. The van der Waals surface area contributed by atoms with E-state index in [1.54, 1.807) is 12.1 Å². The molecule has 168 valence electrons. The van der Waals surface area contributed by atoms with Gasteiger partial charge < -0.3 is 19.9 Å². The Morgan fingerprint density at radius 2 is 1.97 bits per heavy atom. The fraction of sp³-hybridized carbons (Fsp3) is 0.286. The Balaban J connectivity index is 1.56. The van der Waals surface area contributed by atoms with Gasteiger partial charge in [-0.1, -0.05) is 11.3 Å². The van der Waals surface area contributed by atoms with Gasteiger partial charge in [-0.05, 0) is 50.3 Å². The van der Waals surface area contributed by atoms with Crippen LogP contribution in [0.1, 0.15) is 23.2 Å². The predicted molar refractivity (Wildman–Crippen MR) is 118 cm³/mol. The van der Waals surface area contributed by atoms with Crippen LogP contribution in [0.15, 0.2) is 36.4 Å². The predicted octanol–water partition coefficient (Wildman–Crippen LogP) is 5.01. The van der Waals surface area contributed by atoms with Crippen LogP contribution < -0.4 is 15.4 Å². The number of benzene rings is 2. The Morgan fingerprint density at radius 3 is 2.72 bits per heavy atom. The number of Topliss-reactive ketones (excluding diaryl/α,β-unsaturated/α-hetero) is 1. The molecule has 0 spiro atoms. The van der Waals surface area contributed by atoms with E-state index in [0.717, 1.165) is 18.5 Å². The van der Waals surface area contributed by atoms with Crippen LogP contribution in [0.25, 0.3) is 21.3 Å². The number of aryl methyl sites for hydroxylation is 1. The van der Waals surface area contributed by atoms with Crippen molar-refractivity contribution in [2.45, 2.75) is 19.2 Å². The summed E-state index contributed by atoms with van der Waals surface area (Å²) in [7, 11) is 3.67. The molecule has 0 aliphatic heterocycles. The van der Waals surface area contributed by atoms with E-state index in [-0.39, 0.29) is 11.5 Å². The SMILES string of the molecule is CNCCCC(=O)c1ccc2c(c1)nc(Nc1nc3ccc(OC(F)(F)F)cc3s1)n2C. The number of thiazole rings is 1. The first kappa shape index (κ1) is 22.0. The van der Waals surface area contributed by atoms with Gasteiger partial charge in [-0.2, -0.15) is 0 Å². The van der Waals surface area contributed by atoms with Crippen LogP contribution in [0.2, 0.25) is 0 Å². The number of hydrogen-bond acceptors (Lipinski definition) is 7. The van der Waals surface area contributed by atoms with E-state index in [2.05, 4.69) is 25.3 Å². The highest BCUT2D eigenvalue weighted by atomic mass is 32.1. The number of nitrogens with one attached hydrogen (secondary N) is 2. The number of nitrogens with zero attached hydrogens (tertiary/aromatic N) is 3. The zero-order valence-corrected chi connectivity index (χ0v) is 18.1. The van der Waals surface area contributed by atoms with Gasteiger partial charge >= 0.3 is 6.36 Å². The first-order valence-corrected chi connectivity index (χ1v) is 10.6. The standard InChI is InChI=1S/C21H20F3N5O2S/c1-25-9-3-4-17(30)12-5-8-16-15(10-12)26-19(29(16)2)28-20-27-14-7-6-13(11-18(14)32-20)31-21(22,23)24/h5-8,10-11,25H,3-4,9H2,1-2H3,(H,26,27,28). The maximum absolute atomic E-state index is 12.5. The van der Waals surface area contributed by atoms with Crippen molar-refractivity contribution in [2.24, 2.45) is 7.05 Å². The summed E-state index contributed by atoms with van der Waals surface area (Å²) in [5.74, 6) is 0.269. The number of aromatic nitrogens is 3. The summed E-state index contributed by atoms with van der Waals surface area (Å²) in [4.78, 5) is 21.4. The molecule has 0 radical (unpaired) electrons. The molecular formula is C21H20F3N5O2S. The van der Waals surface area contributed by atoms with Gasteiger partial charge in [-0.15, -0.1) is 13.2 Å². The minimum atomic E-state index is -4.75. The minimum Gasteiger partial charge on any atom is -0.406 e.